The van der Waals surface area contributed by atoms with Crippen molar-refractivity contribution in [2.45, 2.75) is 19.2 Å². The summed E-state index contributed by atoms with van der Waals surface area (Å²) in [4.78, 5) is 11.2. The minimum atomic E-state index is -0.360. The number of alkyl halides is 1. The molecule has 0 radical (unpaired) electrons. The van der Waals surface area contributed by atoms with Crippen molar-refractivity contribution in [1.82, 2.24) is 0 Å². The predicted octanol–water partition coefficient (Wildman–Crippen LogP) is 2.32. The van der Waals surface area contributed by atoms with E-state index < -0.39 is 0 Å². The van der Waals surface area contributed by atoms with E-state index in [0.29, 0.717) is 17.0 Å². The van der Waals surface area contributed by atoms with Crippen molar-refractivity contribution in [3.63, 3.8) is 0 Å². The number of methoxy groups -OCH3 is 1. The van der Waals surface area contributed by atoms with E-state index in [1.165, 1.54) is 7.11 Å². The zero-order chi connectivity index (χ0) is 12.1. The molecule has 0 unspecified atom stereocenters. The van der Waals surface area contributed by atoms with Crippen LogP contribution in [0.2, 0.25) is 0 Å². The molecule has 84 valence electrons. The molecule has 0 saturated heterocycles. The molecule has 0 aliphatic heterocycles. The first-order chi connectivity index (χ1) is 7.62. The topological polar surface area (TPSA) is 50.1 Å². The molecule has 1 aromatic carbocycles. The monoisotopic (exact) mass is 237 g/mol. The van der Waals surface area contributed by atoms with Crippen LogP contribution in [0.1, 0.15) is 22.3 Å². The summed E-state index contributed by atoms with van der Waals surface area (Å²) in [5.41, 5.74) is 3.05. The quantitative estimate of drug-likeness (QED) is 0.599. The van der Waals surface area contributed by atoms with E-state index in [4.69, 9.17) is 16.9 Å². The Morgan fingerprint density at radius 1 is 1.50 bits per heavy atom. The largest absolute Gasteiger partial charge is 0.469 e. The van der Waals surface area contributed by atoms with Crippen LogP contribution in [0.25, 0.3) is 0 Å². The number of hydrogen-bond donors (Lipinski definition) is 0. The average Bonchev–Trinajstić information content (AvgIpc) is 2.30. The minimum Gasteiger partial charge on any atom is -0.469 e. The van der Waals surface area contributed by atoms with Gasteiger partial charge in [0.1, 0.15) is 0 Å². The van der Waals surface area contributed by atoms with Crippen LogP contribution in [0, 0.1) is 18.3 Å². The number of halogens is 1. The fourth-order valence-corrected chi connectivity index (χ4v) is 1.71. The first kappa shape index (κ1) is 12.5. The first-order valence-electron chi connectivity index (χ1n) is 4.77. The lowest BCUT2D eigenvalue weighted by Crippen LogP contribution is -2.07. The van der Waals surface area contributed by atoms with Crippen molar-refractivity contribution in [2.24, 2.45) is 0 Å². The lowest BCUT2D eigenvalue weighted by atomic mass is 9.98. The van der Waals surface area contributed by atoms with E-state index in [0.717, 1.165) is 11.1 Å². The van der Waals surface area contributed by atoms with Gasteiger partial charge in [0.25, 0.3) is 0 Å². The number of nitrogens with zero attached hydrogens (tertiary/aromatic N) is 1. The van der Waals surface area contributed by atoms with Gasteiger partial charge in [-0.3, -0.25) is 4.79 Å². The van der Waals surface area contributed by atoms with Crippen LogP contribution in [0.5, 0.6) is 0 Å². The summed E-state index contributed by atoms with van der Waals surface area (Å²) in [6, 6.07) is 5.60. The van der Waals surface area contributed by atoms with E-state index in [2.05, 4.69) is 10.8 Å². The SMILES string of the molecule is COC(=O)Cc1cc(CCl)c(C)cc1C#N. The smallest absolute Gasteiger partial charge is 0.310 e. The summed E-state index contributed by atoms with van der Waals surface area (Å²) in [5.74, 6) is 0.00648. The van der Waals surface area contributed by atoms with Gasteiger partial charge in [0.05, 0.1) is 25.2 Å². The fourth-order valence-electron chi connectivity index (χ4n) is 1.43. The van der Waals surface area contributed by atoms with Crippen LogP contribution in [0.3, 0.4) is 0 Å². The van der Waals surface area contributed by atoms with Crippen molar-refractivity contribution >= 4 is 17.6 Å². The van der Waals surface area contributed by atoms with Gasteiger partial charge in [-0.25, -0.2) is 0 Å². The lowest BCUT2D eigenvalue weighted by molar-refractivity contribution is -0.139. The third kappa shape index (κ3) is 2.74. The average molecular weight is 238 g/mol. The third-order valence-corrected chi connectivity index (χ3v) is 2.68. The first-order valence-corrected chi connectivity index (χ1v) is 5.31. The molecule has 1 rings (SSSR count). The van der Waals surface area contributed by atoms with Crippen molar-refractivity contribution in [3.8, 4) is 6.07 Å². The maximum atomic E-state index is 11.2. The molecule has 0 amide bonds. The molecule has 0 saturated carbocycles. The highest BCUT2D eigenvalue weighted by atomic mass is 35.5. The lowest BCUT2D eigenvalue weighted by Gasteiger charge is -2.08. The molecular formula is C12H12ClNO2. The van der Waals surface area contributed by atoms with Crippen molar-refractivity contribution < 1.29 is 9.53 Å². The number of aryl methyl sites for hydroxylation is 1. The summed E-state index contributed by atoms with van der Waals surface area (Å²) in [5, 5.41) is 8.96. The summed E-state index contributed by atoms with van der Waals surface area (Å²) in [6.07, 6.45) is 0.101. The van der Waals surface area contributed by atoms with E-state index in [-0.39, 0.29) is 12.4 Å². The summed E-state index contributed by atoms with van der Waals surface area (Å²) >= 11 is 5.77. The fraction of sp³-hybridized carbons (Fsp3) is 0.333. The Kier molecular flexibility index (Phi) is 4.33. The number of ether oxygens (including phenoxy) is 1. The normalized spacial score (nSPS) is 9.62. The Labute approximate surface area is 99.6 Å². The van der Waals surface area contributed by atoms with Crippen LogP contribution >= 0.6 is 11.6 Å². The standard InChI is InChI=1S/C12H12ClNO2/c1-8-3-11(7-14)9(4-10(8)6-13)5-12(15)16-2/h3-4H,5-6H2,1-2H3. The van der Waals surface area contributed by atoms with Gasteiger partial charge in [-0.2, -0.15) is 5.26 Å². The van der Waals surface area contributed by atoms with Crippen molar-refractivity contribution in [1.29, 1.82) is 5.26 Å². The van der Waals surface area contributed by atoms with Crippen LogP contribution in [0.4, 0.5) is 0 Å². The van der Waals surface area contributed by atoms with Crippen LogP contribution in [-0.2, 0) is 21.8 Å². The van der Waals surface area contributed by atoms with Crippen LogP contribution < -0.4 is 0 Å². The second kappa shape index (κ2) is 5.53. The Hall–Kier alpha value is -1.53. The zero-order valence-corrected chi connectivity index (χ0v) is 9.97. The summed E-state index contributed by atoms with van der Waals surface area (Å²) < 4.78 is 4.58. The number of benzene rings is 1. The molecule has 16 heavy (non-hydrogen) atoms. The number of esters is 1. The molecule has 0 aliphatic rings. The molecule has 3 nitrogen and oxygen atoms in total. The Balaban J connectivity index is 3.16. The Morgan fingerprint density at radius 3 is 2.69 bits per heavy atom. The zero-order valence-electron chi connectivity index (χ0n) is 9.21. The second-order valence-electron chi connectivity index (χ2n) is 3.43. The van der Waals surface area contributed by atoms with Gasteiger partial charge in [-0.1, -0.05) is 6.07 Å². The second-order valence-corrected chi connectivity index (χ2v) is 3.70. The molecule has 1 aromatic rings. The van der Waals surface area contributed by atoms with Crippen LogP contribution in [0.15, 0.2) is 12.1 Å². The van der Waals surface area contributed by atoms with Crippen LogP contribution in [-0.4, -0.2) is 13.1 Å². The van der Waals surface area contributed by atoms with Crippen molar-refractivity contribution in [2.75, 3.05) is 7.11 Å². The molecule has 0 aliphatic carbocycles. The van der Waals surface area contributed by atoms with Gasteiger partial charge in [0.15, 0.2) is 0 Å². The Morgan fingerprint density at radius 2 is 2.19 bits per heavy atom. The summed E-state index contributed by atoms with van der Waals surface area (Å²) in [6.45, 7) is 1.89. The maximum Gasteiger partial charge on any atom is 0.310 e. The molecule has 0 fully saturated rings. The molecular weight excluding hydrogens is 226 g/mol. The molecule has 0 heterocycles. The molecule has 0 N–H and O–H groups in total. The molecule has 0 bridgehead atoms. The van der Waals surface area contributed by atoms with Gasteiger partial charge in [0.2, 0.25) is 0 Å². The van der Waals surface area contributed by atoms with E-state index in [9.17, 15) is 4.79 Å². The van der Waals surface area contributed by atoms with Gasteiger partial charge in [-0.05, 0) is 29.7 Å². The van der Waals surface area contributed by atoms with E-state index in [1.54, 1.807) is 12.1 Å². The number of hydrogen-bond acceptors (Lipinski definition) is 3. The number of carbonyl (C=O) groups excluding carboxylic acids is 1. The highest BCUT2D eigenvalue weighted by molar-refractivity contribution is 6.17. The molecule has 0 atom stereocenters. The number of rotatable bonds is 3. The van der Waals surface area contributed by atoms with E-state index in [1.807, 2.05) is 6.92 Å². The highest BCUT2D eigenvalue weighted by Gasteiger charge is 2.10. The predicted molar refractivity (Wildman–Crippen MR) is 61.2 cm³/mol. The molecule has 4 heteroatoms. The number of carbonyl (C=O) groups is 1. The van der Waals surface area contributed by atoms with E-state index >= 15 is 0 Å². The minimum absolute atomic E-state index is 0.101. The molecule has 0 aromatic heterocycles. The van der Waals surface area contributed by atoms with Gasteiger partial charge in [-0.15, -0.1) is 11.6 Å². The molecule has 0 spiro atoms. The maximum absolute atomic E-state index is 11.2. The Bertz CT molecular complexity index is 449. The summed E-state index contributed by atoms with van der Waals surface area (Å²) in [7, 11) is 1.32. The van der Waals surface area contributed by atoms with Gasteiger partial charge in [0, 0.05) is 5.88 Å². The number of nitriles is 1. The highest BCUT2D eigenvalue weighted by Crippen LogP contribution is 2.18. The van der Waals surface area contributed by atoms with Gasteiger partial charge < -0.3 is 4.74 Å². The van der Waals surface area contributed by atoms with Crippen molar-refractivity contribution in [3.05, 3.63) is 34.4 Å². The van der Waals surface area contributed by atoms with Gasteiger partial charge >= 0.3 is 5.97 Å². The third-order valence-electron chi connectivity index (χ3n) is 2.39.